The number of likely N-dealkylation sites (N-methyl/N-ethyl adjacent to an activating group) is 1. The first-order chi connectivity index (χ1) is 17.3. The number of benzene rings is 1. The van der Waals surface area contributed by atoms with Crippen LogP contribution in [0.25, 0.3) is 6.08 Å². The fourth-order valence-corrected chi connectivity index (χ4v) is 6.24. The van der Waals surface area contributed by atoms with E-state index in [1.54, 1.807) is 30.7 Å². The van der Waals surface area contributed by atoms with Crippen molar-refractivity contribution in [3.63, 3.8) is 0 Å². The number of hydrogen-bond acceptors (Lipinski definition) is 6. The Hall–Kier alpha value is -2.90. The van der Waals surface area contributed by atoms with Crippen LogP contribution in [-0.2, 0) is 15.0 Å². The van der Waals surface area contributed by atoms with Gasteiger partial charge in [0.2, 0.25) is 5.91 Å². The lowest BCUT2D eigenvalue weighted by Gasteiger charge is -2.59. The van der Waals surface area contributed by atoms with Crippen molar-refractivity contribution < 1.29 is 23.8 Å². The van der Waals surface area contributed by atoms with Crippen LogP contribution < -0.4 is 4.74 Å². The molecule has 3 aliphatic rings. The van der Waals surface area contributed by atoms with Gasteiger partial charge in [0.05, 0.1) is 18.1 Å². The van der Waals surface area contributed by atoms with E-state index in [1.807, 2.05) is 36.2 Å². The van der Waals surface area contributed by atoms with Crippen LogP contribution in [0.2, 0.25) is 0 Å². The van der Waals surface area contributed by atoms with Crippen LogP contribution in [0.15, 0.2) is 53.4 Å². The molecule has 1 amide bonds. The molecule has 0 radical (unpaired) electrons. The summed E-state index contributed by atoms with van der Waals surface area (Å²) in [6.07, 6.45) is 11.9. The molecule has 1 aliphatic heterocycles. The number of amides is 1. The van der Waals surface area contributed by atoms with Gasteiger partial charge in [-0.25, -0.2) is 0 Å². The first-order valence-electron chi connectivity index (χ1n) is 13.0. The zero-order valence-electron chi connectivity index (χ0n) is 21.2. The summed E-state index contributed by atoms with van der Waals surface area (Å²) >= 11 is 0. The van der Waals surface area contributed by atoms with Crippen molar-refractivity contribution in [3.05, 3.63) is 60.1 Å². The summed E-state index contributed by atoms with van der Waals surface area (Å²) in [7, 11) is 1.85. The highest BCUT2D eigenvalue weighted by molar-refractivity contribution is 5.91. The number of piperidine rings is 1. The fraction of sp³-hybridized carbons (Fsp3) is 0.517. The zero-order chi connectivity index (χ0) is 25.3. The molecule has 1 N–H and O–H groups in total. The van der Waals surface area contributed by atoms with Crippen LogP contribution in [0.3, 0.4) is 0 Å². The second-order valence-corrected chi connectivity index (χ2v) is 10.9. The molecule has 2 aliphatic carbocycles. The molecule has 7 heteroatoms. The maximum absolute atomic E-state index is 13.1. The van der Waals surface area contributed by atoms with Crippen molar-refractivity contribution in [3.8, 4) is 5.75 Å². The number of carbonyl (C=O) groups excluding carboxylic acids is 2. The number of esters is 1. The Morgan fingerprint density at radius 3 is 2.81 bits per heavy atom. The number of nitrogens with zero attached hydrogens (tertiary/aromatic N) is 2. The van der Waals surface area contributed by atoms with E-state index in [9.17, 15) is 14.7 Å². The molecule has 1 aromatic carbocycles. The second-order valence-electron chi connectivity index (χ2n) is 10.9. The van der Waals surface area contributed by atoms with Crippen LogP contribution in [-0.4, -0.2) is 65.1 Å². The number of likely N-dealkylation sites (tertiary alicyclic amines) is 1. The minimum Gasteiger partial charge on any atom is -0.472 e. The highest BCUT2D eigenvalue weighted by Crippen LogP contribution is 2.53. The van der Waals surface area contributed by atoms with Crippen molar-refractivity contribution in [2.45, 2.75) is 62.5 Å². The molecule has 192 valence electrons. The predicted octanol–water partition coefficient (Wildman–Crippen LogP) is 4.01. The van der Waals surface area contributed by atoms with Crippen LogP contribution in [0.1, 0.15) is 56.6 Å². The highest BCUT2D eigenvalue weighted by Gasteiger charge is 2.58. The molecule has 7 nitrogen and oxygen atoms in total. The molecule has 0 bridgehead atoms. The minimum atomic E-state index is -0.915. The summed E-state index contributed by atoms with van der Waals surface area (Å²) in [5.41, 5.74) is 0.377. The first kappa shape index (κ1) is 24.8. The van der Waals surface area contributed by atoms with Crippen molar-refractivity contribution in [1.82, 2.24) is 9.80 Å². The zero-order valence-corrected chi connectivity index (χ0v) is 21.2. The predicted molar refractivity (Wildman–Crippen MR) is 136 cm³/mol. The number of hydrogen-bond donors (Lipinski definition) is 1. The van der Waals surface area contributed by atoms with Gasteiger partial charge in [-0.05, 0) is 80.8 Å². The van der Waals surface area contributed by atoms with Crippen LogP contribution >= 0.6 is 0 Å². The van der Waals surface area contributed by atoms with Gasteiger partial charge in [-0.15, -0.1) is 0 Å². The van der Waals surface area contributed by atoms with E-state index in [4.69, 9.17) is 9.15 Å². The summed E-state index contributed by atoms with van der Waals surface area (Å²) in [4.78, 5) is 28.9. The normalized spacial score (nSPS) is 28.6. The molecule has 5 rings (SSSR count). The fourth-order valence-electron chi connectivity index (χ4n) is 6.24. The van der Waals surface area contributed by atoms with E-state index in [0.717, 1.165) is 43.0 Å². The number of aliphatic hydroxyl groups is 1. The molecule has 2 aromatic rings. The molecule has 0 spiro atoms. The lowest BCUT2D eigenvalue weighted by molar-refractivity contribution is -0.145. The third-order valence-electron chi connectivity index (χ3n) is 8.42. The van der Waals surface area contributed by atoms with Crippen molar-refractivity contribution in [2.75, 3.05) is 26.7 Å². The number of ether oxygens (including phenoxy) is 1. The highest BCUT2D eigenvalue weighted by atomic mass is 16.5. The summed E-state index contributed by atoms with van der Waals surface area (Å²) in [5, 5.41) is 12.3. The van der Waals surface area contributed by atoms with E-state index in [1.165, 1.54) is 19.8 Å². The summed E-state index contributed by atoms with van der Waals surface area (Å²) in [6, 6.07) is 9.42. The topological polar surface area (TPSA) is 83.2 Å². The molecule has 2 heterocycles. The molecule has 0 unspecified atom stereocenters. The van der Waals surface area contributed by atoms with E-state index >= 15 is 0 Å². The standard InChI is InChI=1S/C29H36N2O5/c1-21(32)36-26-5-3-4-24(16-26)28-13-14-31(18-22-6-7-22)20-29(28,34)12-10-25(17-28)30(2)27(33)9-8-23-11-15-35-19-23/h3-5,8-9,11,15-16,19,22,25,34H,6-7,10,12-14,17-18,20H2,1-2H3/b9-8+/t25-,28-,29-/m0/s1. The van der Waals surface area contributed by atoms with Gasteiger partial charge in [0.15, 0.2) is 0 Å². The van der Waals surface area contributed by atoms with Crippen LogP contribution in [0.5, 0.6) is 5.75 Å². The average molecular weight is 493 g/mol. The molecular formula is C29H36N2O5. The number of fused-ring (bicyclic) bond motifs is 1. The lowest BCUT2D eigenvalue weighted by Crippen LogP contribution is -2.67. The molecule has 3 atom stereocenters. The van der Waals surface area contributed by atoms with Crippen LogP contribution in [0.4, 0.5) is 0 Å². The molecule has 36 heavy (non-hydrogen) atoms. The number of rotatable bonds is 7. The summed E-state index contributed by atoms with van der Waals surface area (Å²) in [6.45, 7) is 3.98. The van der Waals surface area contributed by atoms with Crippen molar-refractivity contribution >= 4 is 18.0 Å². The lowest BCUT2D eigenvalue weighted by atomic mass is 9.55. The van der Waals surface area contributed by atoms with Crippen LogP contribution in [0, 0.1) is 5.92 Å². The third kappa shape index (κ3) is 5.00. The van der Waals surface area contributed by atoms with Gasteiger partial charge in [0.25, 0.3) is 0 Å². The quantitative estimate of drug-likeness (QED) is 0.357. The molecular weight excluding hydrogens is 456 g/mol. The molecule has 2 saturated carbocycles. The molecule has 1 aromatic heterocycles. The summed E-state index contributed by atoms with van der Waals surface area (Å²) in [5.74, 6) is 0.819. The molecule has 3 fully saturated rings. The Labute approximate surface area is 212 Å². The Bertz CT molecular complexity index is 1120. The van der Waals surface area contributed by atoms with Gasteiger partial charge < -0.3 is 24.1 Å². The van der Waals surface area contributed by atoms with Gasteiger partial charge in [0, 0.05) is 50.2 Å². The summed E-state index contributed by atoms with van der Waals surface area (Å²) < 4.78 is 10.5. The second kappa shape index (κ2) is 9.87. The van der Waals surface area contributed by atoms with E-state index in [2.05, 4.69) is 4.90 Å². The van der Waals surface area contributed by atoms with E-state index < -0.39 is 11.0 Å². The van der Waals surface area contributed by atoms with Crippen molar-refractivity contribution in [2.24, 2.45) is 5.92 Å². The largest absolute Gasteiger partial charge is 0.472 e. The maximum atomic E-state index is 13.1. The van der Waals surface area contributed by atoms with Gasteiger partial charge in [0.1, 0.15) is 5.75 Å². The van der Waals surface area contributed by atoms with Gasteiger partial charge in [-0.2, -0.15) is 0 Å². The number of furan rings is 1. The Balaban J connectivity index is 1.42. The number of β-amino-alcohol motifs (C(OH)–C–C–N with tert-alkyl or cyclic N) is 1. The SMILES string of the molecule is CC(=O)Oc1cccc([C@@]23CCN(CC4CC4)C[C@@]2(O)CC[C@H](N(C)C(=O)/C=C/c2ccoc2)C3)c1. The smallest absolute Gasteiger partial charge is 0.308 e. The van der Waals surface area contributed by atoms with Crippen molar-refractivity contribution in [1.29, 1.82) is 0 Å². The third-order valence-corrected chi connectivity index (χ3v) is 8.42. The van der Waals surface area contributed by atoms with Gasteiger partial charge in [-0.1, -0.05) is 12.1 Å². The maximum Gasteiger partial charge on any atom is 0.308 e. The first-order valence-corrected chi connectivity index (χ1v) is 13.0. The Morgan fingerprint density at radius 2 is 2.08 bits per heavy atom. The van der Waals surface area contributed by atoms with Gasteiger partial charge in [-0.3, -0.25) is 9.59 Å². The Kier molecular flexibility index (Phi) is 6.79. The monoisotopic (exact) mass is 492 g/mol. The molecule has 1 saturated heterocycles. The minimum absolute atomic E-state index is 0.0147. The number of carbonyl (C=O) groups is 2. The van der Waals surface area contributed by atoms with E-state index in [-0.39, 0.29) is 17.9 Å². The Morgan fingerprint density at radius 1 is 1.25 bits per heavy atom. The average Bonchev–Trinajstić information content (AvgIpc) is 3.51. The van der Waals surface area contributed by atoms with Gasteiger partial charge >= 0.3 is 5.97 Å². The van der Waals surface area contributed by atoms with E-state index in [0.29, 0.717) is 25.1 Å².